The van der Waals surface area contributed by atoms with Crippen LogP contribution in [0.3, 0.4) is 0 Å². The lowest BCUT2D eigenvalue weighted by Crippen LogP contribution is -2.27. The highest BCUT2D eigenvalue weighted by Crippen LogP contribution is 2.36. The molecule has 0 spiro atoms. The lowest BCUT2D eigenvalue weighted by Gasteiger charge is -2.23. The minimum atomic E-state index is -0.122. The van der Waals surface area contributed by atoms with E-state index in [1.54, 1.807) is 17.2 Å². The second-order valence-corrected chi connectivity index (χ2v) is 7.47. The van der Waals surface area contributed by atoms with Gasteiger partial charge in [0.1, 0.15) is 21.9 Å². The molecule has 4 nitrogen and oxygen atoms in total. The van der Waals surface area contributed by atoms with Crippen LogP contribution >= 0.6 is 24.0 Å². The number of nitrogens with zero attached hydrogens (tertiary/aromatic N) is 1. The van der Waals surface area contributed by atoms with E-state index in [0.717, 1.165) is 16.9 Å². The van der Waals surface area contributed by atoms with Crippen LogP contribution in [0.4, 0.5) is 0 Å². The Balaban J connectivity index is 1.60. The summed E-state index contributed by atoms with van der Waals surface area (Å²) in [7, 11) is 0. The molecule has 1 aromatic carbocycles. The monoisotopic (exact) mass is 369 g/mol. The molecule has 126 valence electrons. The summed E-state index contributed by atoms with van der Waals surface area (Å²) in [6.07, 6.45) is 5.40. The number of furan rings is 1. The first-order chi connectivity index (χ1) is 12.1. The maximum atomic E-state index is 12.7. The van der Waals surface area contributed by atoms with Crippen molar-refractivity contribution in [2.45, 2.75) is 19.6 Å². The second kappa shape index (κ2) is 6.54. The topological polar surface area (TPSA) is 42.7 Å². The van der Waals surface area contributed by atoms with Gasteiger partial charge in [-0.25, -0.2) is 0 Å². The van der Waals surface area contributed by atoms with Crippen LogP contribution in [0.5, 0.6) is 5.75 Å². The molecule has 0 radical (unpaired) electrons. The zero-order valence-electron chi connectivity index (χ0n) is 13.5. The molecule has 1 amide bonds. The first-order valence-corrected chi connectivity index (χ1v) is 9.09. The zero-order chi connectivity index (χ0) is 17.4. The first kappa shape index (κ1) is 16.2. The van der Waals surface area contributed by atoms with Crippen molar-refractivity contribution in [2.24, 2.45) is 0 Å². The third-order valence-corrected chi connectivity index (χ3v) is 5.46. The lowest BCUT2D eigenvalue weighted by atomic mass is 10.0. The number of thioether (sulfide) groups is 1. The summed E-state index contributed by atoms with van der Waals surface area (Å²) in [6.45, 7) is 2.32. The molecule has 1 atom stereocenters. The fourth-order valence-electron chi connectivity index (χ4n) is 2.77. The molecule has 6 heteroatoms. The van der Waals surface area contributed by atoms with E-state index in [2.05, 4.69) is 6.08 Å². The van der Waals surface area contributed by atoms with Gasteiger partial charge >= 0.3 is 0 Å². The van der Waals surface area contributed by atoms with Gasteiger partial charge in [-0.2, -0.15) is 0 Å². The third-order valence-electron chi connectivity index (χ3n) is 4.08. The van der Waals surface area contributed by atoms with Crippen molar-refractivity contribution in [1.29, 1.82) is 0 Å². The maximum Gasteiger partial charge on any atom is 0.266 e. The Morgan fingerprint density at radius 2 is 2.12 bits per heavy atom. The Morgan fingerprint density at radius 3 is 2.92 bits per heavy atom. The highest BCUT2D eigenvalue weighted by atomic mass is 32.2. The molecule has 1 unspecified atom stereocenters. The van der Waals surface area contributed by atoms with Crippen molar-refractivity contribution >= 4 is 40.3 Å². The molecule has 3 heterocycles. The molecule has 0 saturated carbocycles. The van der Waals surface area contributed by atoms with Crippen LogP contribution in [0.2, 0.25) is 0 Å². The van der Waals surface area contributed by atoms with E-state index in [9.17, 15) is 4.79 Å². The van der Waals surface area contributed by atoms with Crippen molar-refractivity contribution in [3.8, 4) is 5.75 Å². The summed E-state index contributed by atoms with van der Waals surface area (Å²) in [5, 5.41) is 0. The van der Waals surface area contributed by atoms with Gasteiger partial charge in [0.25, 0.3) is 5.91 Å². The largest absolute Gasteiger partial charge is 0.485 e. The molecule has 2 aliphatic heterocycles. The Kier molecular flexibility index (Phi) is 4.23. The summed E-state index contributed by atoms with van der Waals surface area (Å²) in [4.78, 5) is 14.9. The van der Waals surface area contributed by atoms with Gasteiger partial charge in [-0.1, -0.05) is 42.2 Å². The van der Waals surface area contributed by atoms with Crippen LogP contribution < -0.4 is 4.74 Å². The number of carbonyl (C=O) groups excluding carboxylic acids is 1. The molecule has 1 saturated heterocycles. The van der Waals surface area contributed by atoms with Gasteiger partial charge in [-0.15, -0.1) is 0 Å². The summed E-state index contributed by atoms with van der Waals surface area (Å²) in [5.74, 6) is 1.47. The number of rotatable bonds is 3. The predicted molar refractivity (Wildman–Crippen MR) is 102 cm³/mol. The lowest BCUT2D eigenvalue weighted by molar-refractivity contribution is -0.122. The molecule has 2 aliphatic rings. The SMILES string of the molecule is CC1Oc2ccccc2C=C1C=C1SC(=S)N(Cc2ccco2)C1=O. The van der Waals surface area contributed by atoms with Gasteiger partial charge < -0.3 is 9.15 Å². The summed E-state index contributed by atoms with van der Waals surface area (Å²) >= 11 is 6.67. The average molecular weight is 369 g/mol. The number of fused-ring (bicyclic) bond motifs is 1. The molecule has 1 aromatic heterocycles. The van der Waals surface area contributed by atoms with Crippen LogP contribution in [0, 0.1) is 0 Å². The molecule has 4 rings (SSSR count). The van der Waals surface area contributed by atoms with Gasteiger partial charge in [0.15, 0.2) is 0 Å². The number of hydrogen-bond donors (Lipinski definition) is 0. The van der Waals surface area contributed by atoms with Gasteiger partial charge in [0.05, 0.1) is 17.7 Å². The fraction of sp³-hybridized carbons (Fsp3) is 0.158. The standard InChI is InChI=1S/C19H15NO3S2/c1-12-14(9-13-5-2-3-7-16(13)23-12)10-17-18(21)20(19(24)25-17)11-15-6-4-8-22-15/h2-10,12H,11H2,1H3. The number of hydrogen-bond acceptors (Lipinski definition) is 5. The fourth-order valence-corrected chi connectivity index (χ4v) is 4.02. The van der Waals surface area contributed by atoms with E-state index in [-0.39, 0.29) is 12.0 Å². The molecule has 25 heavy (non-hydrogen) atoms. The van der Waals surface area contributed by atoms with Gasteiger partial charge in [0.2, 0.25) is 0 Å². The Bertz CT molecular complexity index is 899. The van der Waals surface area contributed by atoms with E-state index < -0.39 is 0 Å². The molecule has 0 N–H and O–H groups in total. The minimum Gasteiger partial charge on any atom is -0.485 e. The van der Waals surface area contributed by atoms with Gasteiger partial charge in [-0.05, 0) is 42.8 Å². The van der Waals surface area contributed by atoms with Crippen LogP contribution in [0.25, 0.3) is 6.08 Å². The predicted octanol–water partition coefficient (Wildman–Crippen LogP) is 4.39. The Labute approximate surface area is 155 Å². The maximum absolute atomic E-state index is 12.7. The summed E-state index contributed by atoms with van der Waals surface area (Å²) in [6, 6.07) is 11.5. The highest BCUT2D eigenvalue weighted by molar-refractivity contribution is 8.26. The third kappa shape index (κ3) is 3.15. The van der Waals surface area contributed by atoms with Gasteiger partial charge in [-0.3, -0.25) is 9.69 Å². The van der Waals surface area contributed by atoms with Crippen molar-refractivity contribution in [1.82, 2.24) is 4.90 Å². The summed E-state index contributed by atoms with van der Waals surface area (Å²) < 4.78 is 11.8. The molecular weight excluding hydrogens is 354 g/mol. The first-order valence-electron chi connectivity index (χ1n) is 7.87. The van der Waals surface area contributed by atoms with Crippen molar-refractivity contribution in [3.63, 3.8) is 0 Å². The summed E-state index contributed by atoms with van der Waals surface area (Å²) in [5.41, 5.74) is 1.97. The van der Waals surface area contributed by atoms with E-state index in [0.29, 0.717) is 21.5 Å². The van der Waals surface area contributed by atoms with E-state index >= 15 is 0 Å². The number of para-hydroxylation sites is 1. The van der Waals surface area contributed by atoms with Crippen LogP contribution in [-0.2, 0) is 11.3 Å². The minimum absolute atomic E-state index is 0.0987. The van der Waals surface area contributed by atoms with E-state index in [1.165, 1.54) is 11.8 Å². The number of benzene rings is 1. The van der Waals surface area contributed by atoms with Crippen LogP contribution in [-0.4, -0.2) is 21.2 Å². The zero-order valence-corrected chi connectivity index (χ0v) is 15.1. The number of ether oxygens (including phenoxy) is 1. The van der Waals surface area contributed by atoms with Crippen LogP contribution in [0.1, 0.15) is 18.2 Å². The van der Waals surface area contributed by atoms with Crippen molar-refractivity contribution in [2.75, 3.05) is 0 Å². The number of thiocarbonyl (C=S) groups is 1. The number of amides is 1. The normalized spacial score (nSPS) is 21.3. The molecule has 0 aliphatic carbocycles. The Hall–Kier alpha value is -2.31. The van der Waals surface area contributed by atoms with Crippen LogP contribution in [0.15, 0.2) is 63.6 Å². The average Bonchev–Trinajstić information content (AvgIpc) is 3.20. The van der Waals surface area contributed by atoms with Gasteiger partial charge in [0, 0.05) is 5.56 Å². The Morgan fingerprint density at radius 1 is 1.28 bits per heavy atom. The van der Waals surface area contributed by atoms with Crippen molar-refractivity contribution < 1.29 is 13.9 Å². The smallest absolute Gasteiger partial charge is 0.266 e. The molecule has 2 aromatic rings. The molecular formula is C19H15NO3S2. The molecule has 1 fully saturated rings. The van der Waals surface area contributed by atoms with E-state index in [1.807, 2.05) is 43.3 Å². The highest BCUT2D eigenvalue weighted by Gasteiger charge is 2.33. The second-order valence-electron chi connectivity index (χ2n) is 5.79. The quantitative estimate of drug-likeness (QED) is 0.593. The molecule has 0 bridgehead atoms. The van der Waals surface area contributed by atoms with E-state index in [4.69, 9.17) is 21.4 Å². The van der Waals surface area contributed by atoms with Crippen molar-refractivity contribution in [3.05, 3.63) is 70.5 Å². The number of carbonyl (C=O) groups is 1.